The molecule has 0 amide bonds. The van der Waals surface area contributed by atoms with Gasteiger partial charge in [0.1, 0.15) is 13.2 Å². The van der Waals surface area contributed by atoms with Gasteiger partial charge in [0, 0.05) is 19.3 Å². The maximum atomic E-state index is 12.7. The number of ether oxygens (including phenoxy) is 3. The first-order valence-corrected chi connectivity index (χ1v) is 26.8. The van der Waals surface area contributed by atoms with Crippen LogP contribution in [0.15, 0.2) is 24.3 Å². The number of carbonyl (C=O) groups excluding carboxylic acids is 3. The molecule has 0 bridgehead atoms. The minimum Gasteiger partial charge on any atom is -0.462 e. The van der Waals surface area contributed by atoms with E-state index in [1.165, 1.54) is 186 Å². The Morgan fingerprint density at radius 3 is 0.902 bits per heavy atom. The fourth-order valence-electron chi connectivity index (χ4n) is 7.89. The van der Waals surface area contributed by atoms with Crippen LogP contribution in [0.4, 0.5) is 0 Å². The van der Waals surface area contributed by atoms with Crippen LogP contribution in [-0.2, 0) is 28.6 Å². The van der Waals surface area contributed by atoms with Gasteiger partial charge in [0.25, 0.3) is 0 Å². The van der Waals surface area contributed by atoms with Crippen LogP contribution in [0.25, 0.3) is 0 Å². The molecule has 0 saturated heterocycles. The lowest BCUT2D eigenvalue weighted by molar-refractivity contribution is -0.167. The highest BCUT2D eigenvalue weighted by Crippen LogP contribution is 2.16. The quantitative estimate of drug-likeness (QED) is 0.0262. The Kier molecular flexibility index (Phi) is 48.8. The molecule has 0 aliphatic rings. The molecule has 1 atom stereocenters. The summed E-state index contributed by atoms with van der Waals surface area (Å²) in [6.07, 6.45) is 57.6. The zero-order valence-electron chi connectivity index (χ0n) is 40.9. The second-order valence-electron chi connectivity index (χ2n) is 18.2. The third-order valence-electron chi connectivity index (χ3n) is 12.0. The minimum atomic E-state index is -0.762. The van der Waals surface area contributed by atoms with E-state index in [0.717, 1.165) is 64.2 Å². The van der Waals surface area contributed by atoms with Gasteiger partial charge in [-0.15, -0.1) is 0 Å². The van der Waals surface area contributed by atoms with Crippen LogP contribution in [0.3, 0.4) is 0 Å². The topological polar surface area (TPSA) is 78.9 Å². The molecule has 61 heavy (non-hydrogen) atoms. The lowest BCUT2D eigenvalue weighted by Gasteiger charge is -2.18. The van der Waals surface area contributed by atoms with Crippen LogP contribution < -0.4 is 0 Å². The van der Waals surface area contributed by atoms with Gasteiger partial charge in [0.2, 0.25) is 0 Å². The normalized spacial score (nSPS) is 12.1. The van der Waals surface area contributed by atoms with E-state index in [2.05, 4.69) is 45.1 Å². The van der Waals surface area contributed by atoms with E-state index in [1.54, 1.807) is 0 Å². The van der Waals surface area contributed by atoms with Crippen LogP contribution >= 0.6 is 0 Å². The van der Waals surface area contributed by atoms with Gasteiger partial charge in [-0.1, -0.05) is 244 Å². The summed E-state index contributed by atoms with van der Waals surface area (Å²) in [6.45, 7) is 6.61. The fourth-order valence-corrected chi connectivity index (χ4v) is 7.89. The summed E-state index contributed by atoms with van der Waals surface area (Å²) in [5.41, 5.74) is 0. The van der Waals surface area contributed by atoms with Gasteiger partial charge in [-0.25, -0.2) is 0 Å². The summed E-state index contributed by atoms with van der Waals surface area (Å²) in [4.78, 5) is 37.8. The van der Waals surface area contributed by atoms with Crippen LogP contribution in [0, 0.1) is 0 Å². The zero-order valence-corrected chi connectivity index (χ0v) is 40.9. The third kappa shape index (κ3) is 48.8. The summed E-state index contributed by atoms with van der Waals surface area (Å²) < 4.78 is 16.7. The molecule has 0 rings (SSSR count). The summed E-state index contributed by atoms with van der Waals surface area (Å²) in [7, 11) is 0. The molecule has 0 aromatic carbocycles. The first-order valence-electron chi connectivity index (χ1n) is 26.8. The van der Waals surface area contributed by atoms with Crippen molar-refractivity contribution in [1.29, 1.82) is 0 Å². The fraction of sp³-hybridized carbons (Fsp3) is 0.873. The Balaban J connectivity index is 4.07. The average molecular weight is 859 g/mol. The predicted octanol–water partition coefficient (Wildman–Crippen LogP) is 17.5. The minimum absolute atomic E-state index is 0.0668. The van der Waals surface area contributed by atoms with E-state index in [1.807, 2.05) is 0 Å². The Bertz CT molecular complexity index is 989. The second-order valence-corrected chi connectivity index (χ2v) is 18.2. The number of carbonyl (C=O) groups is 3. The Labute approximate surface area is 379 Å². The summed E-state index contributed by atoms with van der Waals surface area (Å²) in [6, 6.07) is 0. The number of allylic oxidation sites excluding steroid dienone is 4. The first-order chi connectivity index (χ1) is 30.0. The highest BCUT2D eigenvalue weighted by molar-refractivity contribution is 5.71. The van der Waals surface area contributed by atoms with Crippen molar-refractivity contribution in [3.8, 4) is 0 Å². The van der Waals surface area contributed by atoms with Crippen molar-refractivity contribution in [3.63, 3.8) is 0 Å². The maximum absolute atomic E-state index is 12.7. The van der Waals surface area contributed by atoms with Crippen molar-refractivity contribution in [1.82, 2.24) is 0 Å². The molecule has 0 heterocycles. The molecule has 0 fully saturated rings. The second kappa shape index (κ2) is 50.5. The lowest BCUT2D eigenvalue weighted by atomic mass is 10.0. The molecule has 0 aliphatic heterocycles. The van der Waals surface area contributed by atoms with Crippen LogP contribution in [-0.4, -0.2) is 37.2 Å². The molecule has 0 saturated carbocycles. The Hall–Kier alpha value is -2.11. The number of unbranched alkanes of at least 4 members (excludes halogenated alkanes) is 34. The van der Waals surface area contributed by atoms with Crippen molar-refractivity contribution in [3.05, 3.63) is 24.3 Å². The molecule has 0 aromatic rings. The van der Waals surface area contributed by atoms with Gasteiger partial charge >= 0.3 is 17.9 Å². The van der Waals surface area contributed by atoms with E-state index in [-0.39, 0.29) is 31.1 Å². The van der Waals surface area contributed by atoms with Gasteiger partial charge in [-0.05, 0) is 51.4 Å². The van der Waals surface area contributed by atoms with Gasteiger partial charge in [-0.3, -0.25) is 14.4 Å². The van der Waals surface area contributed by atoms with Gasteiger partial charge in [0.05, 0.1) is 0 Å². The third-order valence-corrected chi connectivity index (χ3v) is 12.0. The predicted molar refractivity (Wildman–Crippen MR) is 261 cm³/mol. The summed E-state index contributed by atoms with van der Waals surface area (Å²) in [5, 5.41) is 0. The maximum Gasteiger partial charge on any atom is 0.306 e. The van der Waals surface area contributed by atoms with Crippen LogP contribution in [0.1, 0.15) is 290 Å². The molecular formula is C55H102O6. The highest BCUT2D eigenvalue weighted by atomic mass is 16.6. The van der Waals surface area contributed by atoms with Crippen molar-refractivity contribution in [2.45, 2.75) is 297 Å². The summed E-state index contributed by atoms with van der Waals surface area (Å²) >= 11 is 0. The van der Waals surface area contributed by atoms with Crippen LogP contribution in [0.2, 0.25) is 0 Å². The van der Waals surface area contributed by atoms with E-state index in [0.29, 0.717) is 19.3 Å². The molecule has 0 aromatic heterocycles. The van der Waals surface area contributed by atoms with E-state index >= 15 is 0 Å². The number of esters is 3. The number of hydrogen-bond acceptors (Lipinski definition) is 6. The summed E-state index contributed by atoms with van der Waals surface area (Å²) in [5.74, 6) is -0.861. The van der Waals surface area contributed by atoms with E-state index in [9.17, 15) is 14.4 Å². The van der Waals surface area contributed by atoms with Crippen molar-refractivity contribution in [2.24, 2.45) is 0 Å². The number of hydrogen-bond donors (Lipinski definition) is 0. The van der Waals surface area contributed by atoms with Crippen molar-refractivity contribution >= 4 is 17.9 Å². The van der Waals surface area contributed by atoms with E-state index < -0.39 is 6.10 Å². The standard InChI is InChI=1S/C55H102O6/c1-4-7-10-13-16-19-20-21-22-23-24-25-26-27-28-29-30-31-32-33-34-37-39-42-45-48-54(57)60-51-52(61-55(58)49-46-43-40-36-18-15-12-9-6-3)50-59-53(56)47-44-41-38-35-17-14-11-8-5-2/h20-21,23-24,52H,4-19,22,25-51H2,1-3H3/b21-20-,24-23-. The number of rotatable bonds is 49. The molecule has 0 radical (unpaired) electrons. The Morgan fingerprint density at radius 2 is 0.590 bits per heavy atom. The van der Waals surface area contributed by atoms with Gasteiger partial charge in [0.15, 0.2) is 6.10 Å². The Morgan fingerprint density at radius 1 is 0.328 bits per heavy atom. The van der Waals surface area contributed by atoms with Crippen molar-refractivity contribution in [2.75, 3.05) is 13.2 Å². The smallest absolute Gasteiger partial charge is 0.306 e. The van der Waals surface area contributed by atoms with Crippen LogP contribution in [0.5, 0.6) is 0 Å². The molecule has 358 valence electrons. The monoisotopic (exact) mass is 859 g/mol. The highest BCUT2D eigenvalue weighted by Gasteiger charge is 2.19. The largest absolute Gasteiger partial charge is 0.462 e. The average Bonchev–Trinajstić information content (AvgIpc) is 3.26. The first kappa shape index (κ1) is 58.9. The lowest BCUT2D eigenvalue weighted by Crippen LogP contribution is -2.30. The molecule has 0 spiro atoms. The van der Waals surface area contributed by atoms with E-state index in [4.69, 9.17) is 14.2 Å². The van der Waals surface area contributed by atoms with Crippen molar-refractivity contribution < 1.29 is 28.6 Å². The molecular weight excluding hydrogens is 757 g/mol. The molecule has 6 nitrogen and oxygen atoms in total. The van der Waals surface area contributed by atoms with Gasteiger partial charge < -0.3 is 14.2 Å². The molecule has 0 N–H and O–H groups in total. The zero-order chi connectivity index (χ0) is 44.4. The van der Waals surface area contributed by atoms with Gasteiger partial charge in [-0.2, -0.15) is 0 Å². The molecule has 0 aliphatic carbocycles. The molecule has 1 unspecified atom stereocenters. The molecule has 6 heteroatoms. The SMILES string of the molecule is CCCCCCC/C=C\C/C=C\CCCCCCCCCCCCCCCC(=O)OCC(COC(=O)CCCCCCCCCCC)OC(=O)CCCCCCCCCCC.